The van der Waals surface area contributed by atoms with Gasteiger partial charge in [-0.15, -0.1) is 0 Å². The summed E-state index contributed by atoms with van der Waals surface area (Å²) >= 11 is 0. The van der Waals surface area contributed by atoms with Crippen molar-refractivity contribution in [2.75, 3.05) is 0 Å². The van der Waals surface area contributed by atoms with Crippen LogP contribution < -0.4 is 0 Å². The summed E-state index contributed by atoms with van der Waals surface area (Å²) in [5.74, 6) is 0. The first-order chi connectivity index (χ1) is 6.92. The number of rotatable bonds is 1. The number of aromatic nitrogens is 3. The predicted octanol–water partition coefficient (Wildman–Crippen LogP) is 2.61. The molecule has 0 spiro atoms. The first kappa shape index (κ1) is 10.6. The first-order valence-electron chi connectivity index (χ1n) is 4.96. The molecule has 74 valence electrons. The summed E-state index contributed by atoms with van der Waals surface area (Å²) in [5, 5.41) is 0. The van der Waals surface area contributed by atoms with E-state index in [2.05, 4.69) is 21.9 Å². The molecule has 0 aliphatic heterocycles. The average molecular weight is 189 g/mol. The van der Waals surface area contributed by atoms with Crippen LogP contribution in [0.2, 0.25) is 0 Å². The molecule has 0 saturated carbocycles. The third kappa shape index (κ3) is 2.05. The van der Waals surface area contributed by atoms with Crippen LogP contribution in [0.25, 0.3) is 11.2 Å². The van der Waals surface area contributed by atoms with Gasteiger partial charge in [0.15, 0.2) is 5.65 Å². The predicted molar refractivity (Wildman–Crippen MR) is 58.1 cm³/mol. The SMILES string of the molecule is CC.CCc1ccnc2nccnc12. The third-order valence-corrected chi connectivity index (χ3v) is 1.84. The number of nitrogens with zero attached hydrogens (tertiary/aromatic N) is 3. The number of fused-ring (bicyclic) bond motifs is 1. The Labute approximate surface area is 84.2 Å². The van der Waals surface area contributed by atoms with E-state index < -0.39 is 0 Å². The zero-order valence-corrected chi connectivity index (χ0v) is 8.86. The molecule has 2 aromatic heterocycles. The van der Waals surface area contributed by atoms with Crippen molar-refractivity contribution in [3.63, 3.8) is 0 Å². The van der Waals surface area contributed by atoms with Crippen LogP contribution in [0.1, 0.15) is 26.3 Å². The highest BCUT2D eigenvalue weighted by molar-refractivity contribution is 5.72. The maximum Gasteiger partial charge on any atom is 0.178 e. The maximum absolute atomic E-state index is 4.23. The summed E-state index contributed by atoms with van der Waals surface area (Å²) in [7, 11) is 0. The van der Waals surface area contributed by atoms with Crippen LogP contribution in [0.5, 0.6) is 0 Å². The van der Waals surface area contributed by atoms with Crippen molar-refractivity contribution in [2.45, 2.75) is 27.2 Å². The van der Waals surface area contributed by atoms with Crippen LogP contribution in [0.3, 0.4) is 0 Å². The highest BCUT2D eigenvalue weighted by Crippen LogP contribution is 2.10. The molecule has 0 aliphatic rings. The zero-order chi connectivity index (χ0) is 10.4. The van der Waals surface area contributed by atoms with Gasteiger partial charge in [-0.2, -0.15) is 0 Å². The Bertz CT molecular complexity index is 393. The van der Waals surface area contributed by atoms with Gasteiger partial charge in [0.2, 0.25) is 0 Å². The van der Waals surface area contributed by atoms with Gasteiger partial charge in [0.1, 0.15) is 5.52 Å². The zero-order valence-electron chi connectivity index (χ0n) is 8.86. The van der Waals surface area contributed by atoms with Gasteiger partial charge in [0.05, 0.1) is 0 Å². The number of aryl methyl sites for hydroxylation is 1. The Morgan fingerprint density at radius 2 is 1.64 bits per heavy atom. The molecule has 0 atom stereocenters. The van der Waals surface area contributed by atoms with Crippen LogP contribution >= 0.6 is 0 Å². The largest absolute Gasteiger partial charge is 0.251 e. The van der Waals surface area contributed by atoms with Crippen molar-refractivity contribution in [1.29, 1.82) is 0 Å². The minimum absolute atomic E-state index is 0.733. The Balaban J connectivity index is 0.000000461. The van der Waals surface area contributed by atoms with Gasteiger partial charge in [-0.1, -0.05) is 20.8 Å². The molecule has 0 fully saturated rings. The van der Waals surface area contributed by atoms with E-state index in [0.29, 0.717) is 0 Å². The second kappa shape index (κ2) is 5.27. The Morgan fingerprint density at radius 3 is 2.36 bits per heavy atom. The van der Waals surface area contributed by atoms with Crippen LogP contribution in [0, 0.1) is 0 Å². The molecule has 3 heteroatoms. The molecule has 0 radical (unpaired) electrons. The summed E-state index contributed by atoms with van der Waals surface area (Å²) in [6, 6.07) is 1.98. The molecule has 2 heterocycles. The minimum atomic E-state index is 0.733. The van der Waals surface area contributed by atoms with Crippen LogP contribution in [-0.4, -0.2) is 15.0 Å². The Hall–Kier alpha value is -1.51. The fourth-order valence-corrected chi connectivity index (χ4v) is 1.21. The van der Waals surface area contributed by atoms with E-state index in [-0.39, 0.29) is 0 Å². The summed E-state index contributed by atoms with van der Waals surface area (Å²) in [6.07, 6.45) is 6.10. The molecule has 0 saturated heterocycles. The molecule has 0 aromatic carbocycles. The molecule has 2 rings (SSSR count). The number of hydrogen-bond acceptors (Lipinski definition) is 3. The molecule has 0 bridgehead atoms. The van der Waals surface area contributed by atoms with Crippen LogP contribution in [0.4, 0.5) is 0 Å². The van der Waals surface area contributed by atoms with E-state index >= 15 is 0 Å². The highest BCUT2D eigenvalue weighted by Gasteiger charge is 1.99. The van der Waals surface area contributed by atoms with Crippen molar-refractivity contribution < 1.29 is 0 Å². The molecule has 3 nitrogen and oxygen atoms in total. The second-order valence-electron chi connectivity index (χ2n) is 2.55. The summed E-state index contributed by atoms with van der Waals surface area (Å²) in [5.41, 5.74) is 2.85. The Kier molecular flexibility index (Phi) is 3.98. The summed E-state index contributed by atoms with van der Waals surface area (Å²) in [4.78, 5) is 12.5. The lowest BCUT2D eigenvalue weighted by atomic mass is 10.2. The van der Waals surface area contributed by atoms with Crippen molar-refractivity contribution in [2.24, 2.45) is 0 Å². The molecular weight excluding hydrogens is 174 g/mol. The molecule has 0 unspecified atom stereocenters. The van der Waals surface area contributed by atoms with E-state index in [1.54, 1.807) is 18.6 Å². The standard InChI is InChI=1S/C9H9N3.C2H6/c1-2-7-3-4-11-9-8(7)10-5-6-12-9;1-2/h3-6H,2H2,1H3;1-2H3. The number of pyridine rings is 1. The van der Waals surface area contributed by atoms with E-state index in [1.807, 2.05) is 19.9 Å². The second-order valence-corrected chi connectivity index (χ2v) is 2.55. The molecular formula is C11H15N3. The summed E-state index contributed by atoms with van der Waals surface area (Å²) in [6.45, 7) is 6.10. The monoisotopic (exact) mass is 189 g/mol. The van der Waals surface area contributed by atoms with Crippen molar-refractivity contribution in [1.82, 2.24) is 15.0 Å². The molecule has 0 aliphatic carbocycles. The van der Waals surface area contributed by atoms with Gasteiger partial charge in [0, 0.05) is 18.6 Å². The van der Waals surface area contributed by atoms with Gasteiger partial charge in [-0.25, -0.2) is 9.97 Å². The van der Waals surface area contributed by atoms with E-state index in [0.717, 1.165) is 17.6 Å². The van der Waals surface area contributed by atoms with Crippen molar-refractivity contribution in [3.05, 3.63) is 30.2 Å². The molecule has 0 amide bonds. The van der Waals surface area contributed by atoms with Crippen molar-refractivity contribution >= 4 is 11.2 Å². The smallest absolute Gasteiger partial charge is 0.178 e. The van der Waals surface area contributed by atoms with Crippen LogP contribution in [0.15, 0.2) is 24.7 Å². The lowest BCUT2D eigenvalue weighted by Crippen LogP contribution is -1.90. The Morgan fingerprint density at radius 1 is 1.00 bits per heavy atom. The van der Waals surface area contributed by atoms with Crippen LogP contribution in [-0.2, 0) is 6.42 Å². The lowest BCUT2D eigenvalue weighted by Gasteiger charge is -1.99. The van der Waals surface area contributed by atoms with Gasteiger partial charge in [-0.3, -0.25) is 4.98 Å². The van der Waals surface area contributed by atoms with Gasteiger partial charge in [-0.05, 0) is 18.1 Å². The molecule has 0 N–H and O–H groups in total. The fraction of sp³-hybridized carbons (Fsp3) is 0.364. The van der Waals surface area contributed by atoms with Gasteiger partial charge >= 0.3 is 0 Å². The average Bonchev–Trinajstić information content (AvgIpc) is 2.31. The third-order valence-electron chi connectivity index (χ3n) is 1.84. The normalized spacial score (nSPS) is 9.36. The van der Waals surface area contributed by atoms with Crippen molar-refractivity contribution in [3.8, 4) is 0 Å². The summed E-state index contributed by atoms with van der Waals surface area (Å²) < 4.78 is 0. The van der Waals surface area contributed by atoms with E-state index in [4.69, 9.17) is 0 Å². The minimum Gasteiger partial charge on any atom is -0.251 e. The quantitative estimate of drug-likeness (QED) is 0.692. The fourth-order valence-electron chi connectivity index (χ4n) is 1.21. The van der Waals surface area contributed by atoms with E-state index in [1.165, 1.54) is 5.56 Å². The molecule has 2 aromatic rings. The lowest BCUT2D eigenvalue weighted by molar-refractivity contribution is 1.11. The molecule has 14 heavy (non-hydrogen) atoms. The highest BCUT2D eigenvalue weighted by atomic mass is 14.9. The van der Waals surface area contributed by atoms with E-state index in [9.17, 15) is 0 Å². The van der Waals surface area contributed by atoms with Gasteiger partial charge < -0.3 is 0 Å². The number of hydrogen-bond donors (Lipinski definition) is 0. The first-order valence-corrected chi connectivity index (χ1v) is 4.96. The topological polar surface area (TPSA) is 38.7 Å². The maximum atomic E-state index is 4.23. The van der Waals surface area contributed by atoms with Gasteiger partial charge in [0.25, 0.3) is 0 Å².